The summed E-state index contributed by atoms with van der Waals surface area (Å²) in [6, 6.07) is 8.18. The van der Waals surface area contributed by atoms with Gasteiger partial charge in [0.2, 0.25) is 5.91 Å². The second-order valence-corrected chi connectivity index (χ2v) is 7.93. The third-order valence-electron chi connectivity index (χ3n) is 4.73. The maximum Gasteiger partial charge on any atom is 0.318 e. The van der Waals surface area contributed by atoms with Gasteiger partial charge in [-0.05, 0) is 24.8 Å². The fourth-order valence-corrected chi connectivity index (χ4v) is 3.19. The van der Waals surface area contributed by atoms with Crippen LogP contribution in [0.15, 0.2) is 24.3 Å². The topological polar surface area (TPSA) is 104 Å². The van der Waals surface area contributed by atoms with Gasteiger partial charge in [0, 0.05) is 13.1 Å². The standard InChI is InChI=1S/C22H32N4O4/c1-16(2)11-20(25-22(28)26-7-9-29-10-8-26)21(27)24-19(13-23)15-30-14-18-6-4-5-17(3)12-18/h4-6,12,16,19-20H,7-11,14-15H2,1-3H3,(H,24,27)(H,25,28). The van der Waals surface area contributed by atoms with Crippen molar-refractivity contribution in [1.29, 1.82) is 5.26 Å². The van der Waals surface area contributed by atoms with E-state index in [4.69, 9.17) is 9.47 Å². The number of nitrogens with zero attached hydrogens (tertiary/aromatic N) is 2. The Hall–Kier alpha value is -2.63. The number of hydrogen-bond donors (Lipinski definition) is 2. The average molecular weight is 417 g/mol. The van der Waals surface area contributed by atoms with E-state index < -0.39 is 12.1 Å². The number of benzene rings is 1. The van der Waals surface area contributed by atoms with E-state index >= 15 is 0 Å². The van der Waals surface area contributed by atoms with E-state index in [0.717, 1.165) is 11.1 Å². The Morgan fingerprint density at radius 3 is 2.63 bits per heavy atom. The molecule has 0 spiro atoms. The molecule has 3 amide bonds. The molecule has 1 aromatic carbocycles. The molecule has 2 N–H and O–H groups in total. The first-order valence-electron chi connectivity index (χ1n) is 10.4. The second-order valence-electron chi connectivity index (χ2n) is 7.93. The van der Waals surface area contributed by atoms with Gasteiger partial charge < -0.3 is 25.0 Å². The molecule has 0 saturated carbocycles. The number of aryl methyl sites for hydroxylation is 1. The van der Waals surface area contributed by atoms with Gasteiger partial charge in [0.15, 0.2) is 0 Å². The Kier molecular flexibility index (Phi) is 9.58. The van der Waals surface area contributed by atoms with Crippen LogP contribution in [0.5, 0.6) is 0 Å². The maximum absolute atomic E-state index is 12.8. The highest BCUT2D eigenvalue weighted by Gasteiger charge is 2.27. The lowest BCUT2D eigenvalue weighted by molar-refractivity contribution is -0.124. The number of nitriles is 1. The van der Waals surface area contributed by atoms with Crippen molar-refractivity contribution in [3.63, 3.8) is 0 Å². The van der Waals surface area contributed by atoms with Crippen molar-refractivity contribution in [2.75, 3.05) is 32.9 Å². The third kappa shape index (κ3) is 8.01. The van der Waals surface area contributed by atoms with Crippen LogP contribution in [0.3, 0.4) is 0 Å². The minimum Gasteiger partial charge on any atom is -0.378 e. The van der Waals surface area contributed by atoms with Crippen molar-refractivity contribution in [1.82, 2.24) is 15.5 Å². The summed E-state index contributed by atoms with van der Waals surface area (Å²) in [5.41, 5.74) is 2.14. The molecule has 8 heteroatoms. The van der Waals surface area contributed by atoms with Gasteiger partial charge in [-0.3, -0.25) is 4.79 Å². The van der Waals surface area contributed by atoms with Crippen LogP contribution in [0.1, 0.15) is 31.4 Å². The predicted octanol–water partition coefficient (Wildman–Crippen LogP) is 1.98. The zero-order chi connectivity index (χ0) is 21.9. The number of hydrogen-bond acceptors (Lipinski definition) is 5. The second kappa shape index (κ2) is 12.2. The molecule has 1 aliphatic rings. The lowest BCUT2D eigenvalue weighted by Gasteiger charge is -2.29. The van der Waals surface area contributed by atoms with Crippen molar-refractivity contribution in [3.8, 4) is 6.07 Å². The van der Waals surface area contributed by atoms with Gasteiger partial charge in [0.05, 0.1) is 32.5 Å². The first-order valence-corrected chi connectivity index (χ1v) is 10.4. The highest BCUT2D eigenvalue weighted by molar-refractivity contribution is 5.87. The fraction of sp³-hybridized carbons (Fsp3) is 0.591. The first-order chi connectivity index (χ1) is 14.4. The first kappa shape index (κ1) is 23.6. The van der Waals surface area contributed by atoms with Gasteiger partial charge in [0.25, 0.3) is 0 Å². The van der Waals surface area contributed by atoms with Crippen molar-refractivity contribution < 1.29 is 19.1 Å². The molecule has 1 saturated heterocycles. The van der Waals surface area contributed by atoms with Crippen LogP contribution < -0.4 is 10.6 Å². The van der Waals surface area contributed by atoms with Crippen LogP contribution in [-0.4, -0.2) is 61.8 Å². The molecule has 30 heavy (non-hydrogen) atoms. The van der Waals surface area contributed by atoms with Crippen LogP contribution in [0.4, 0.5) is 4.79 Å². The third-order valence-corrected chi connectivity index (χ3v) is 4.73. The lowest BCUT2D eigenvalue weighted by atomic mass is 10.0. The summed E-state index contributed by atoms with van der Waals surface area (Å²) in [4.78, 5) is 26.9. The zero-order valence-electron chi connectivity index (χ0n) is 18.0. The SMILES string of the molecule is Cc1cccc(COCC(C#N)NC(=O)C(CC(C)C)NC(=O)N2CCOCC2)c1. The normalized spacial score (nSPS) is 15.9. The van der Waals surface area contributed by atoms with Gasteiger partial charge in [-0.15, -0.1) is 0 Å². The van der Waals surface area contributed by atoms with Crippen molar-refractivity contribution in [3.05, 3.63) is 35.4 Å². The number of nitrogens with one attached hydrogen (secondary N) is 2. The molecule has 1 aromatic rings. The summed E-state index contributed by atoms with van der Waals surface area (Å²) in [5.74, 6) is -0.181. The quantitative estimate of drug-likeness (QED) is 0.641. The van der Waals surface area contributed by atoms with Gasteiger partial charge in [0.1, 0.15) is 12.1 Å². The molecular formula is C22H32N4O4. The molecule has 0 aromatic heterocycles. The van der Waals surface area contributed by atoms with E-state index in [1.54, 1.807) is 4.90 Å². The number of ether oxygens (including phenoxy) is 2. The summed E-state index contributed by atoms with van der Waals surface area (Å²) in [6.07, 6.45) is 0.476. The average Bonchev–Trinajstić information content (AvgIpc) is 2.72. The Bertz CT molecular complexity index is 741. The van der Waals surface area contributed by atoms with Crippen molar-refractivity contribution in [2.45, 2.75) is 45.9 Å². The largest absolute Gasteiger partial charge is 0.378 e. The molecular weight excluding hydrogens is 384 g/mol. The lowest BCUT2D eigenvalue weighted by Crippen LogP contribution is -2.55. The molecule has 1 heterocycles. The van der Waals surface area contributed by atoms with Crippen LogP contribution in [0.25, 0.3) is 0 Å². The summed E-state index contributed by atoms with van der Waals surface area (Å²) in [5, 5.41) is 14.9. The summed E-state index contributed by atoms with van der Waals surface area (Å²) < 4.78 is 10.9. The van der Waals surface area contributed by atoms with Crippen molar-refractivity contribution >= 4 is 11.9 Å². The number of rotatable bonds is 9. The Morgan fingerprint density at radius 1 is 1.27 bits per heavy atom. The highest BCUT2D eigenvalue weighted by atomic mass is 16.5. The number of morpholine rings is 1. The van der Waals surface area contributed by atoms with E-state index in [1.165, 1.54) is 0 Å². The van der Waals surface area contributed by atoms with E-state index in [2.05, 4.69) is 16.7 Å². The Balaban J connectivity index is 1.88. The summed E-state index contributed by atoms with van der Waals surface area (Å²) in [6.45, 7) is 8.36. The Morgan fingerprint density at radius 2 is 2.00 bits per heavy atom. The molecule has 0 bridgehead atoms. The molecule has 8 nitrogen and oxygen atoms in total. The van der Waals surface area contributed by atoms with Crippen LogP contribution in [0, 0.1) is 24.2 Å². The minimum absolute atomic E-state index is 0.0714. The highest BCUT2D eigenvalue weighted by Crippen LogP contribution is 2.08. The molecule has 0 aliphatic carbocycles. The molecule has 0 radical (unpaired) electrons. The fourth-order valence-electron chi connectivity index (χ4n) is 3.19. The van der Waals surface area contributed by atoms with Gasteiger partial charge in [-0.1, -0.05) is 43.7 Å². The summed E-state index contributed by atoms with van der Waals surface area (Å²) in [7, 11) is 0. The minimum atomic E-state index is -0.794. The van der Waals surface area contributed by atoms with Crippen LogP contribution in [0.2, 0.25) is 0 Å². The van der Waals surface area contributed by atoms with Crippen LogP contribution in [-0.2, 0) is 20.9 Å². The summed E-state index contributed by atoms with van der Waals surface area (Å²) >= 11 is 0. The van der Waals surface area contributed by atoms with Gasteiger partial charge in [-0.2, -0.15) is 5.26 Å². The molecule has 2 rings (SSSR count). The van der Waals surface area contributed by atoms with Crippen molar-refractivity contribution in [2.24, 2.45) is 5.92 Å². The number of urea groups is 1. The van der Waals surface area contributed by atoms with E-state index in [9.17, 15) is 14.9 Å². The number of amides is 3. The molecule has 1 fully saturated rings. The molecule has 2 atom stereocenters. The van der Waals surface area contributed by atoms with E-state index in [1.807, 2.05) is 45.0 Å². The monoisotopic (exact) mass is 416 g/mol. The predicted molar refractivity (Wildman–Crippen MR) is 113 cm³/mol. The van der Waals surface area contributed by atoms with Crippen LogP contribution >= 0.6 is 0 Å². The molecule has 164 valence electrons. The smallest absolute Gasteiger partial charge is 0.318 e. The Labute approximate surface area is 178 Å². The van der Waals surface area contributed by atoms with Gasteiger partial charge in [-0.25, -0.2) is 4.79 Å². The van der Waals surface area contributed by atoms with Gasteiger partial charge >= 0.3 is 6.03 Å². The van der Waals surface area contributed by atoms with E-state index in [0.29, 0.717) is 39.3 Å². The molecule has 2 unspecified atom stereocenters. The number of carbonyl (C=O) groups is 2. The molecule has 1 aliphatic heterocycles. The maximum atomic E-state index is 12.8. The van der Waals surface area contributed by atoms with E-state index in [-0.39, 0.29) is 24.5 Å². The zero-order valence-corrected chi connectivity index (χ0v) is 18.0. The number of carbonyl (C=O) groups excluding carboxylic acids is 2.